The van der Waals surface area contributed by atoms with Gasteiger partial charge in [-0.15, -0.1) is 0 Å². The Hall–Kier alpha value is -3.20. The monoisotopic (exact) mass is 347 g/mol. The van der Waals surface area contributed by atoms with Crippen LogP contribution < -0.4 is 10.6 Å². The third-order valence-electron chi connectivity index (χ3n) is 4.28. The molecular formula is C20H21N5O. The summed E-state index contributed by atoms with van der Waals surface area (Å²) in [7, 11) is 0. The Morgan fingerprint density at radius 2 is 2.15 bits per heavy atom. The second kappa shape index (κ2) is 8.77. The van der Waals surface area contributed by atoms with Gasteiger partial charge in [0.25, 0.3) is 5.91 Å². The number of nitriles is 1. The Labute approximate surface area is 153 Å². The Morgan fingerprint density at radius 1 is 1.23 bits per heavy atom. The van der Waals surface area contributed by atoms with E-state index in [1.54, 1.807) is 24.3 Å². The SMILES string of the molecule is N#Cc1cccc(Nc2cc(C(=O)NCCC3=CCCCC3)ncn2)c1. The van der Waals surface area contributed by atoms with Crippen molar-refractivity contribution in [2.75, 3.05) is 11.9 Å². The Kier molecular flexibility index (Phi) is 5.94. The van der Waals surface area contributed by atoms with E-state index < -0.39 is 0 Å². The van der Waals surface area contributed by atoms with Gasteiger partial charge in [-0.1, -0.05) is 17.7 Å². The molecule has 6 heteroatoms. The summed E-state index contributed by atoms with van der Waals surface area (Å²) in [6.07, 6.45) is 9.34. The van der Waals surface area contributed by atoms with Gasteiger partial charge in [0, 0.05) is 18.3 Å². The molecule has 1 aliphatic carbocycles. The maximum atomic E-state index is 12.3. The minimum Gasteiger partial charge on any atom is -0.350 e. The van der Waals surface area contributed by atoms with Gasteiger partial charge >= 0.3 is 0 Å². The molecule has 0 radical (unpaired) electrons. The molecule has 1 amide bonds. The van der Waals surface area contributed by atoms with Gasteiger partial charge in [0.05, 0.1) is 11.6 Å². The lowest BCUT2D eigenvalue weighted by molar-refractivity contribution is 0.0949. The fourth-order valence-corrected chi connectivity index (χ4v) is 2.92. The molecule has 1 heterocycles. The van der Waals surface area contributed by atoms with Crippen molar-refractivity contribution in [2.45, 2.75) is 32.1 Å². The summed E-state index contributed by atoms with van der Waals surface area (Å²) >= 11 is 0. The van der Waals surface area contributed by atoms with Crippen molar-refractivity contribution in [3.8, 4) is 6.07 Å². The van der Waals surface area contributed by atoms with Crippen molar-refractivity contribution in [2.24, 2.45) is 0 Å². The summed E-state index contributed by atoms with van der Waals surface area (Å²) in [4.78, 5) is 20.5. The lowest BCUT2D eigenvalue weighted by Gasteiger charge is -2.13. The van der Waals surface area contributed by atoms with Gasteiger partial charge in [0.2, 0.25) is 0 Å². The zero-order valence-electron chi connectivity index (χ0n) is 14.5. The minimum absolute atomic E-state index is 0.211. The first kappa shape index (κ1) is 17.6. The summed E-state index contributed by atoms with van der Waals surface area (Å²) < 4.78 is 0. The lowest BCUT2D eigenvalue weighted by Crippen LogP contribution is -2.26. The van der Waals surface area contributed by atoms with Crippen LogP contribution in [0.5, 0.6) is 0 Å². The number of amides is 1. The molecule has 3 rings (SSSR count). The summed E-state index contributed by atoms with van der Waals surface area (Å²) in [6.45, 7) is 0.613. The highest BCUT2D eigenvalue weighted by atomic mass is 16.1. The van der Waals surface area contributed by atoms with Crippen LogP contribution in [0.15, 0.2) is 48.3 Å². The van der Waals surface area contributed by atoms with Gasteiger partial charge in [-0.2, -0.15) is 5.26 Å². The third-order valence-corrected chi connectivity index (χ3v) is 4.28. The van der Waals surface area contributed by atoms with E-state index in [9.17, 15) is 4.79 Å². The van der Waals surface area contributed by atoms with Crippen LogP contribution in [0, 0.1) is 11.3 Å². The maximum Gasteiger partial charge on any atom is 0.270 e. The predicted molar refractivity (Wildman–Crippen MR) is 100.0 cm³/mol. The summed E-state index contributed by atoms with van der Waals surface area (Å²) in [6, 6.07) is 10.8. The highest BCUT2D eigenvalue weighted by molar-refractivity contribution is 5.92. The number of carbonyl (C=O) groups is 1. The molecular weight excluding hydrogens is 326 g/mol. The second-order valence-corrected chi connectivity index (χ2v) is 6.22. The Morgan fingerprint density at radius 3 is 2.96 bits per heavy atom. The van der Waals surface area contributed by atoms with Gasteiger partial charge in [0.15, 0.2) is 0 Å². The molecule has 6 nitrogen and oxygen atoms in total. The van der Waals surface area contributed by atoms with Crippen molar-refractivity contribution in [1.29, 1.82) is 5.26 Å². The molecule has 1 aliphatic rings. The van der Waals surface area contributed by atoms with E-state index in [1.807, 2.05) is 6.07 Å². The first-order chi connectivity index (χ1) is 12.7. The lowest BCUT2D eigenvalue weighted by atomic mass is 9.97. The van der Waals surface area contributed by atoms with Crippen molar-refractivity contribution >= 4 is 17.4 Å². The van der Waals surface area contributed by atoms with Gasteiger partial charge in [0.1, 0.15) is 17.8 Å². The number of aromatic nitrogens is 2. The average Bonchev–Trinajstić information content (AvgIpc) is 2.69. The van der Waals surface area contributed by atoms with Gasteiger partial charge in [-0.05, 0) is 50.3 Å². The van der Waals surface area contributed by atoms with Crippen LogP contribution in [0.1, 0.15) is 48.2 Å². The number of hydrogen-bond acceptors (Lipinski definition) is 5. The zero-order valence-corrected chi connectivity index (χ0v) is 14.5. The molecule has 0 unspecified atom stereocenters. The number of rotatable bonds is 6. The molecule has 0 saturated heterocycles. The normalized spacial score (nSPS) is 13.4. The number of hydrogen-bond donors (Lipinski definition) is 2. The van der Waals surface area contributed by atoms with Gasteiger partial charge in [-0.3, -0.25) is 4.79 Å². The molecule has 1 aromatic carbocycles. The van der Waals surface area contributed by atoms with E-state index in [-0.39, 0.29) is 5.91 Å². The smallest absolute Gasteiger partial charge is 0.270 e. The van der Waals surface area contributed by atoms with E-state index in [1.165, 1.54) is 24.7 Å². The highest BCUT2D eigenvalue weighted by Crippen LogP contribution is 2.19. The molecule has 0 spiro atoms. The summed E-state index contributed by atoms with van der Waals surface area (Å²) in [5, 5.41) is 15.0. The quantitative estimate of drug-likeness (QED) is 0.777. The van der Waals surface area contributed by atoms with E-state index in [0.29, 0.717) is 23.6 Å². The van der Waals surface area contributed by atoms with Crippen LogP contribution in [0.4, 0.5) is 11.5 Å². The largest absolute Gasteiger partial charge is 0.350 e. The van der Waals surface area contributed by atoms with E-state index in [2.05, 4.69) is 32.7 Å². The number of nitrogens with zero attached hydrogens (tertiary/aromatic N) is 3. The number of anilines is 2. The Bertz CT molecular complexity index is 853. The van der Waals surface area contributed by atoms with Crippen molar-refractivity contribution < 1.29 is 4.79 Å². The van der Waals surface area contributed by atoms with Crippen LogP contribution in [-0.4, -0.2) is 22.4 Å². The topological polar surface area (TPSA) is 90.7 Å². The number of nitrogens with one attached hydrogen (secondary N) is 2. The highest BCUT2D eigenvalue weighted by Gasteiger charge is 2.10. The van der Waals surface area contributed by atoms with Crippen LogP contribution in [0.25, 0.3) is 0 Å². The first-order valence-electron chi connectivity index (χ1n) is 8.80. The standard InChI is InChI=1S/C20H21N5O/c21-13-16-7-4-8-17(11-16)25-19-12-18(23-14-24-19)20(26)22-10-9-15-5-2-1-3-6-15/h4-5,7-8,11-12,14H,1-3,6,9-10H2,(H,22,26)(H,23,24,25). The molecule has 1 aromatic heterocycles. The molecule has 0 aliphatic heterocycles. The molecule has 0 bridgehead atoms. The van der Waals surface area contributed by atoms with Crippen molar-refractivity contribution in [3.05, 3.63) is 59.6 Å². The summed E-state index contributed by atoms with van der Waals surface area (Å²) in [5.74, 6) is 0.299. The number of allylic oxidation sites excluding steroid dienone is 1. The number of benzene rings is 1. The molecule has 2 aromatic rings. The van der Waals surface area contributed by atoms with Crippen LogP contribution in [0.2, 0.25) is 0 Å². The van der Waals surface area contributed by atoms with Crippen LogP contribution >= 0.6 is 0 Å². The van der Waals surface area contributed by atoms with Crippen molar-refractivity contribution in [1.82, 2.24) is 15.3 Å². The average molecular weight is 347 g/mol. The van der Waals surface area contributed by atoms with Crippen LogP contribution in [-0.2, 0) is 0 Å². The third kappa shape index (κ3) is 4.90. The molecule has 2 N–H and O–H groups in total. The van der Waals surface area contributed by atoms with E-state index in [0.717, 1.165) is 24.9 Å². The van der Waals surface area contributed by atoms with E-state index in [4.69, 9.17) is 5.26 Å². The van der Waals surface area contributed by atoms with Crippen LogP contribution in [0.3, 0.4) is 0 Å². The molecule has 132 valence electrons. The predicted octanol–water partition coefficient (Wildman–Crippen LogP) is 3.71. The van der Waals surface area contributed by atoms with Gasteiger partial charge in [-0.25, -0.2) is 9.97 Å². The van der Waals surface area contributed by atoms with Crippen molar-refractivity contribution in [3.63, 3.8) is 0 Å². The molecule has 0 saturated carbocycles. The molecule has 0 fully saturated rings. The van der Waals surface area contributed by atoms with E-state index >= 15 is 0 Å². The molecule has 26 heavy (non-hydrogen) atoms. The fraction of sp³-hybridized carbons (Fsp3) is 0.300. The minimum atomic E-state index is -0.211. The zero-order chi connectivity index (χ0) is 18.2. The second-order valence-electron chi connectivity index (χ2n) is 6.22. The maximum absolute atomic E-state index is 12.3. The Balaban J connectivity index is 1.58. The number of carbonyl (C=O) groups excluding carboxylic acids is 1. The fourth-order valence-electron chi connectivity index (χ4n) is 2.92. The molecule has 0 atom stereocenters. The summed E-state index contributed by atoms with van der Waals surface area (Å²) in [5.41, 5.74) is 3.04. The first-order valence-corrected chi connectivity index (χ1v) is 8.80. The van der Waals surface area contributed by atoms with Gasteiger partial charge < -0.3 is 10.6 Å².